The fraction of sp³-hybridized carbons (Fsp3) is 0.375. The van der Waals surface area contributed by atoms with Crippen molar-refractivity contribution in [2.24, 2.45) is 0 Å². The van der Waals surface area contributed by atoms with Gasteiger partial charge in [0.1, 0.15) is 11.8 Å². The van der Waals surface area contributed by atoms with Crippen LogP contribution in [0.2, 0.25) is 10.0 Å². The Balaban J connectivity index is 1.65. The molecule has 2 heterocycles. The van der Waals surface area contributed by atoms with Gasteiger partial charge >= 0.3 is 18.0 Å². The summed E-state index contributed by atoms with van der Waals surface area (Å²) in [5.74, 6) is -4.20. The number of rotatable bonds is 9. The normalized spacial score (nSPS) is 17.4. The maximum Gasteiger partial charge on any atom is 0.410 e. The molecule has 0 unspecified atom stereocenters. The summed E-state index contributed by atoms with van der Waals surface area (Å²) in [6.45, 7) is 0.387. The zero-order valence-electron chi connectivity index (χ0n) is 18.8. The largest absolute Gasteiger partial charge is 0.464 e. The number of pyridine rings is 1. The number of carbonyl (C=O) groups excluding carboxylic acids is 2. The summed E-state index contributed by atoms with van der Waals surface area (Å²) in [7, 11) is 1.27. The Labute approximate surface area is 211 Å². The number of alkyl halides is 2. The number of halogens is 4. The third-order valence-corrected chi connectivity index (χ3v) is 5.88. The molecular weight excluding hydrogens is 505 g/mol. The van der Waals surface area contributed by atoms with Crippen LogP contribution in [0.4, 0.5) is 13.6 Å². The highest BCUT2D eigenvalue weighted by atomic mass is 35.5. The van der Waals surface area contributed by atoms with Crippen molar-refractivity contribution in [3.05, 3.63) is 75.5 Å². The molecule has 0 radical (unpaired) electrons. The fourth-order valence-electron chi connectivity index (χ4n) is 3.64. The van der Waals surface area contributed by atoms with Gasteiger partial charge in [0.05, 0.1) is 19.8 Å². The van der Waals surface area contributed by atoms with E-state index in [1.165, 1.54) is 30.2 Å². The number of aliphatic hydroxyl groups is 1. The Morgan fingerprint density at radius 3 is 2.74 bits per heavy atom. The predicted octanol–water partition coefficient (Wildman–Crippen LogP) is 5.03. The van der Waals surface area contributed by atoms with E-state index in [1.807, 2.05) is 0 Å². The van der Waals surface area contributed by atoms with Gasteiger partial charge in [-0.05, 0) is 43.2 Å². The van der Waals surface area contributed by atoms with E-state index in [0.29, 0.717) is 25.0 Å². The second kappa shape index (κ2) is 11.8. The van der Waals surface area contributed by atoms with Crippen LogP contribution < -0.4 is 0 Å². The number of esters is 1. The van der Waals surface area contributed by atoms with Gasteiger partial charge in [0.25, 0.3) is 0 Å². The number of hydrogen-bond acceptors (Lipinski definition) is 6. The second-order valence-electron chi connectivity index (χ2n) is 7.88. The number of methoxy groups -OCH3 is 1. The zero-order valence-corrected chi connectivity index (χ0v) is 20.3. The zero-order chi connectivity index (χ0) is 25.6. The van der Waals surface area contributed by atoms with E-state index in [0.717, 1.165) is 18.2 Å². The van der Waals surface area contributed by atoms with E-state index in [9.17, 15) is 23.5 Å². The number of aliphatic hydroxyl groups excluding tert-OH is 1. The van der Waals surface area contributed by atoms with E-state index < -0.39 is 35.7 Å². The number of cyclic esters (lactones) is 1. The quantitative estimate of drug-likeness (QED) is 0.362. The Bertz CT molecular complexity index is 1080. The van der Waals surface area contributed by atoms with Gasteiger partial charge in [0.2, 0.25) is 0 Å². The maximum atomic E-state index is 14.8. The van der Waals surface area contributed by atoms with Crippen LogP contribution in [0, 0.1) is 0 Å². The molecule has 1 saturated heterocycles. The number of ether oxygens (including phenoxy) is 2. The molecule has 1 aliphatic heterocycles. The number of hydrogen-bond donors (Lipinski definition) is 1. The smallest absolute Gasteiger partial charge is 0.410 e. The molecule has 1 aromatic heterocycles. The summed E-state index contributed by atoms with van der Waals surface area (Å²) in [4.78, 5) is 29.6. The van der Waals surface area contributed by atoms with E-state index in [-0.39, 0.29) is 28.9 Å². The first kappa shape index (κ1) is 26.8. The lowest BCUT2D eigenvalue weighted by Crippen LogP contribution is -2.45. The summed E-state index contributed by atoms with van der Waals surface area (Å²) in [6, 6.07) is 7.83. The minimum atomic E-state index is -3.65. The number of carbonyl (C=O) groups is 2. The number of aryl methyl sites for hydroxylation is 1. The lowest BCUT2D eigenvalue weighted by atomic mass is 10.0. The van der Waals surface area contributed by atoms with Gasteiger partial charge in [-0.3, -0.25) is 0 Å². The van der Waals surface area contributed by atoms with E-state index >= 15 is 0 Å². The number of nitrogens with zero attached hydrogens (tertiary/aromatic N) is 2. The van der Waals surface area contributed by atoms with Gasteiger partial charge in [-0.1, -0.05) is 41.4 Å². The van der Waals surface area contributed by atoms with Gasteiger partial charge in [-0.25, -0.2) is 14.6 Å². The van der Waals surface area contributed by atoms with Crippen LogP contribution >= 0.6 is 23.2 Å². The monoisotopic (exact) mass is 528 g/mol. The molecule has 0 spiro atoms. The first-order chi connectivity index (χ1) is 16.6. The Morgan fingerprint density at radius 2 is 2.06 bits per heavy atom. The lowest BCUT2D eigenvalue weighted by Gasteiger charge is -2.33. The Morgan fingerprint density at radius 1 is 1.34 bits per heavy atom. The summed E-state index contributed by atoms with van der Waals surface area (Å²) in [5.41, 5.74) is 0.299. The third kappa shape index (κ3) is 6.90. The van der Waals surface area contributed by atoms with E-state index in [4.69, 9.17) is 27.9 Å². The molecule has 1 aliphatic rings. The van der Waals surface area contributed by atoms with Crippen LogP contribution in [0.25, 0.3) is 0 Å². The Kier molecular flexibility index (Phi) is 9.04. The van der Waals surface area contributed by atoms with E-state index in [1.54, 1.807) is 12.1 Å². The molecule has 0 aliphatic carbocycles. The summed E-state index contributed by atoms with van der Waals surface area (Å²) in [6.07, 6.45) is 0.915. The van der Waals surface area contributed by atoms with Crippen LogP contribution in [0.5, 0.6) is 0 Å². The van der Waals surface area contributed by atoms with Crippen molar-refractivity contribution in [3.8, 4) is 0 Å². The average molecular weight is 529 g/mol. The minimum Gasteiger partial charge on any atom is -0.464 e. The van der Waals surface area contributed by atoms with Crippen molar-refractivity contribution in [1.82, 2.24) is 9.88 Å². The molecular formula is C24H24Cl2F2N2O5. The topological polar surface area (TPSA) is 89.0 Å². The van der Waals surface area contributed by atoms with Crippen molar-refractivity contribution in [1.29, 1.82) is 0 Å². The van der Waals surface area contributed by atoms with Crippen LogP contribution in [0.1, 0.15) is 34.6 Å². The molecule has 0 bridgehead atoms. The number of benzene rings is 1. The second-order valence-corrected chi connectivity index (χ2v) is 8.76. The molecule has 188 valence electrons. The predicted molar refractivity (Wildman–Crippen MR) is 126 cm³/mol. The highest BCUT2D eigenvalue weighted by molar-refractivity contribution is 6.34. The molecule has 1 aromatic carbocycles. The molecule has 11 heteroatoms. The molecule has 7 nitrogen and oxygen atoms in total. The van der Waals surface area contributed by atoms with Crippen LogP contribution in [-0.2, 0) is 21.8 Å². The third-order valence-electron chi connectivity index (χ3n) is 5.44. The molecule has 2 aromatic rings. The van der Waals surface area contributed by atoms with Crippen LogP contribution in [0.15, 0.2) is 48.6 Å². The average Bonchev–Trinajstić information content (AvgIpc) is 2.82. The highest BCUT2D eigenvalue weighted by Gasteiger charge is 2.40. The molecule has 3 rings (SSSR count). The first-order valence-corrected chi connectivity index (χ1v) is 11.6. The van der Waals surface area contributed by atoms with Crippen LogP contribution in [0.3, 0.4) is 0 Å². The Hall–Kier alpha value is -2.75. The summed E-state index contributed by atoms with van der Waals surface area (Å²) < 4.78 is 39.3. The van der Waals surface area contributed by atoms with Gasteiger partial charge in [-0.15, -0.1) is 0 Å². The van der Waals surface area contributed by atoms with Gasteiger partial charge in [-0.2, -0.15) is 8.78 Å². The maximum absolute atomic E-state index is 14.8. The summed E-state index contributed by atoms with van der Waals surface area (Å²) in [5, 5.41) is 10.3. The van der Waals surface area contributed by atoms with Crippen molar-refractivity contribution in [2.45, 2.75) is 37.3 Å². The molecule has 1 amide bonds. The molecule has 1 fully saturated rings. The standard InChI is InChI=1S/C24H24Cl2F2N2O5/c1-34-22(32)20-6-2-4-18(29-20)5-3-10-30-19(9-11-35-23(30)33)7-8-21(31)24(27,28)15-12-16(25)14-17(26)13-15/h2,4,6-8,12-14,19,21,31H,3,5,9-11H2,1H3/t19-,21+/m0/s1. The highest BCUT2D eigenvalue weighted by Crippen LogP contribution is 2.36. The minimum absolute atomic E-state index is 0.0242. The van der Waals surface area contributed by atoms with Crippen molar-refractivity contribution < 1.29 is 33.0 Å². The number of aromatic nitrogens is 1. The molecule has 0 saturated carbocycles. The fourth-order valence-corrected chi connectivity index (χ4v) is 4.16. The van der Waals surface area contributed by atoms with Crippen molar-refractivity contribution in [3.63, 3.8) is 0 Å². The van der Waals surface area contributed by atoms with Crippen molar-refractivity contribution in [2.75, 3.05) is 20.3 Å². The first-order valence-electron chi connectivity index (χ1n) is 10.8. The SMILES string of the molecule is COC(=O)c1cccc(CCCN2C(=O)OCC[C@@H]2C=C[C@@H](O)C(F)(F)c2cc(Cl)cc(Cl)c2)n1. The van der Waals surface area contributed by atoms with Gasteiger partial charge in [0, 0.05) is 34.3 Å². The molecule has 35 heavy (non-hydrogen) atoms. The van der Waals surface area contributed by atoms with Gasteiger partial charge < -0.3 is 19.5 Å². The van der Waals surface area contributed by atoms with Gasteiger partial charge in [0.15, 0.2) is 0 Å². The lowest BCUT2D eigenvalue weighted by molar-refractivity contribution is -0.0929. The summed E-state index contributed by atoms with van der Waals surface area (Å²) >= 11 is 11.6. The molecule has 2 atom stereocenters. The molecule has 1 N–H and O–H groups in total. The van der Waals surface area contributed by atoms with Crippen molar-refractivity contribution >= 4 is 35.3 Å². The number of amides is 1. The van der Waals surface area contributed by atoms with Crippen LogP contribution in [-0.4, -0.2) is 59.5 Å². The van der Waals surface area contributed by atoms with E-state index in [2.05, 4.69) is 9.72 Å².